The van der Waals surface area contributed by atoms with Gasteiger partial charge in [-0.3, -0.25) is 4.79 Å². The Bertz CT molecular complexity index is 663. The maximum Gasteiger partial charge on any atom is 0.255 e. The molecule has 4 heteroatoms. The Kier molecular flexibility index (Phi) is 3.70. The van der Waals surface area contributed by atoms with E-state index in [1.54, 1.807) is 24.3 Å². The molecule has 0 heterocycles. The van der Waals surface area contributed by atoms with Gasteiger partial charge in [-0.25, -0.2) is 0 Å². The average Bonchev–Trinajstić information content (AvgIpc) is 2.45. The van der Waals surface area contributed by atoms with Crippen molar-refractivity contribution in [2.45, 2.75) is 24.8 Å². The Morgan fingerprint density at radius 3 is 2.43 bits per heavy atom. The summed E-state index contributed by atoms with van der Waals surface area (Å²) in [6.45, 7) is 0. The van der Waals surface area contributed by atoms with Crippen molar-refractivity contribution in [1.82, 2.24) is 0 Å². The summed E-state index contributed by atoms with van der Waals surface area (Å²) in [4.78, 5) is 12.1. The molecule has 0 aliphatic heterocycles. The van der Waals surface area contributed by atoms with E-state index in [9.17, 15) is 4.79 Å². The van der Waals surface area contributed by atoms with Gasteiger partial charge in [0.25, 0.3) is 5.91 Å². The lowest BCUT2D eigenvalue weighted by atomic mass is 9.73. The summed E-state index contributed by atoms with van der Waals surface area (Å²) in [5.41, 5.74) is 8.54. The highest BCUT2D eigenvalue weighted by molar-refractivity contribution is 6.31. The van der Waals surface area contributed by atoms with Crippen LogP contribution in [-0.4, -0.2) is 5.91 Å². The molecule has 1 saturated carbocycles. The van der Waals surface area contributed by atoms with Gasteiger partial charge < -0.3 is 11.1 Å². The zero-order valence-corrected chi connectivity index (χ0v) is 12.4. The van der Waals surface area contributed by atoms with E-state index >= 15 is 0 Å². The molecular weight excluding hydrogens is 284 g/mol. The SMILES string of the molecule is NC1(c2ccc(NC(=O)c3cccc(Cl)c3)cc2)CCC1. The van der Waals surface area contributed by atoms with E-state index in [1.807, 2.05) is 24.3 Å². The van der Waals surface area contributed by atoms with E-state index in [0.717, 1.165) is 24.1 Å². The number of hydrogen-bond acceptors (Lipinski definition) is 2. The van der Waals surface area contributed by atoms with Crippen molar-refractivity contribution in [3.05, 3.63) is 64.7 Å². The van der Waals surface area contributed by atoms with E-state index in [1.165, 1.54) is 6.42 Å². The lowest BCUT2D eigenvalue weighted by molar-refractivity contribution is 0.102. The van der Waals surface area contributed by atoms with Crippen LogP contribution in [0.4, 0.5) is 5.69 Å². The predicted molar refractivity (Wildman–Crippen MR) is 85.6 cm³/mol. The molecule has 3 N–H and O–H groups in total. The molecule has 1 amide bonds. The summed E-state index contributed by atoms with van der Waals surface area (Å²) in [7, 11) is 0. The maximum absolute atomic E-state index is 12.1. The first-order valence-corrected chi connectivity index (χ1v) is 7.41. The van der Waals surface area contributed by atoms with Crippen molar-refractivity contribution >= 4 is 23.2 Å². The van der Waals surface area contributed by atoms with E-state index in [-0.39, 0.29) is 11.4 Å². The van der Waals surface area contributed by atoms with Gasteiger partial charge in [-0.05, 0) is 55.2 Å². The van der Waals surface area contributed by atoms with Gasteiger partial charge in [-0.2, -0.15) is 0 Å². The lowest BCUT2D eigenvalue weighted by Gasteiger charge is -2.38. The normalized spacial score (nSPS) is 16.1. The molecular formula is C17H17ClN2O. The highest BCUT2D eigenvalue weighted by Gasteiger charge is 2.33. The van der Waals surface area contributed by atoms with E-state index in [2.05, 4.69) is 5.32 Å². The van der Waals surface area contributed by atoms with Gasteiger partial charge in [0.1, 0.15) is 0 Å². The lowest BCUT2D eigenvalue weighted by Crippen LogP contribution is -2.43. The largest absolute Gasteiger partial charge is 0.322 e. The fraction of sp³-hybridized carbons (Fsp3) is 0.235. The summed E-state index contributed by atoms with van der Waals surface area (Å²) >= 11 is 5.89. The molecule has 108 valence electrons. The zero-order valence-electron chi connectivity index (χ0n) is 11.6. The Labute approximate surface area is 129 Å². The molecule has 1 aliphatic carbocycles. The summed E-state index contributed by atoms with van der Waals surface area (Å²) in [6.07, 6.45) is 3.24. The minimum absolute atomic E-state index is 0.170. The average molecular weight is 301 g/mol. The van der Waals surface area contributed by atoms with Crippen LogP contribution in [0.15, 0.2) is 48.5 Å². The number of nitrogens with one attached hydrogen (secondary N) is 1. The molecule has 0 unspecified atom stereocenters. The van der Waals surface area contributed by atoms with Gasteiger partial charge >= 0.3 is 0 Å². The fourth-order valence-electron chi connectivity index (χ4n) is 2.56. The third kappa shape index (κ3) is 2.94. The number of rotatable bonds is 3. The standard InChI is InChI=1S/C17H17ClN2O/c18-14-4-1-3-12(11-14)16(21)20-15-7-5-13(6-8-15)17(19)9-2-10-17/h1,3-8,11H,2,9-10,19H2,(H,20,21). The maximum atomic E-state index is 12.1. The Balaban J connectivity index is 1.72. The molecule has 3 rings (SSSR count). The number of hydrogen-bond donors (Lipinski definition) is 2. The van der Waals surface area contributed by atoms with Crippen LogP contribution in [0.5, 0.6) is 0 Å². The number of halogens is 1. The van der Waals surface area contributed by atoms with Gasteiger partial charge in [0.2, 0.25) is 0 Å². The highest BCUT2D eigenvalue weighted by atomic mass is 35.5. The smallest absolute Gasteiger partial charge is 0.255 e. The summed E-state index contributed by atoms with van der Waals surface area (Å²) in [6, 6.07) is 14.7. The minimum atomic E-state index is -0.171. The summed E-state index contributed by atoms with van der Waals surface area (Å²) in [5.74, 6) is -0.170. The molecule has 0 radical (unpaired) electrons. The van der Waals surface area contributed by atoms with Crippen LogP contribution in [0.2, 0.25) is 5.02 Å². The first-order valence-electron chi connectivity index (χ1n) is 7.03. The van der Waals surface area contributed by atoms with Gasteiger partial charge in [-0.15, -0.1) is 0 Å². The Morgan fingerprint density at radius 2 is 1.86 bits per heavy atom. The molecule has 1 fully saturated rings. The third-order valence-electron chi connectivity index (χ3n) is 4.05. The van der Waals surface area contributed by atoms with Gasteiger partial charge in [0.15, 0.2) is 0 Å². The van der Waals surface area contributed by atoms with E-state index in [4.69, 9.17) is 17.3 Å². The Hall–Kier alpha value is -1.84. The van der Waals surface area contributed by atoms with Crippen LogP contribution >= 0.6 is 11.6 Å². The van der Waals surface area contributed by atoms with Crippen molar-refractivity contribution in [2.75, 3.05) is 5.32 Å². The number of amides is 1. The minimum Gasteiger partial charge on any atom is -0.322 e. The second-order valence-corrected chi connectivity index (χ2v) is 5.99. The van der Waals surface area contributed by atoms with Crippen molar-refractivity contribution in [2.24, 2.45) is 5.73 Å². The quantitative estimate of drug-likeness (QED) is 0.902. The van der Waals surface area contributed by atoms with Gasteiger partial charge in [-0.1, -0.05) is 29.8 Å². The number of benzene rings is 2. The van der Waals surface area contributed by atoms with Gasteiger partial charge in [0.05, 0.1) is 0 Å². The van der Waals surface area contributed by atoms with Crippen molar-refractivity contribution < 1.29 is 4.79 Å². The predicted octanol–water partition coefficient (Wildman–Crippen LogP) is 3.93. The fourth-order valence-corrected chi connectivity index (χ4v) is 2.76. The molecule has 1 aliphatic rings. The van der Waals surface area contributed by atoms with Crippen LogP contribution in [0.3, 0.4) is 0 Å². The van der Waals surface area contributed by atoms with Crippen LogP contribution < -0.4 is 11.1 Å². The summed E-state index contributed by atoms with van der Waals surface area (Å²) < 4.78 is 0. The molecule has 0 saturated heterocycles. The number of anilines is 1. The molecule has 0 aromatic heterocycles. The molecule has 2 aromatic carbocycles. The first kappa shape index (κ1) is 14.1. The van der Waals surface area contributed by atoms with Crippen LogP contribution in [-0.2, 0) is 5.54 Å². The monoisotopic (exact) mass is 300 g/mol. The highest BCUT2D eigenvalue weighted by Crippen LogP contribution is 2.38. The van der Waals surface area contributed by atoms with Gasteiger partial charge in [0, 0.05) is 21.8 Å². The second kappa shape index (κ2) is 5.51. The van der Waals surface area contributed by atoms with Crippen molar-refractivity contribution in [3.8, 4) is 0 Å². The molecule has 0 bridgehead atoms. The van der Waals surface area contributed by atoms with Crippen LogP contribution in [0.1, 0.15) is 35.2 Å². The molecule has 21 heavy (non-hydrogen) atoms. The third-order valence-corrected chi connectivity index (χ3v) is 4.29. The molecule has 0 atom stereocenters. The topological polar surface area (TPSA) is 55.1 Å². The van der Waals surface area contributed by atoms with Crippen molar-refractivity contribution in [3.63, 3.8) is 0 Å². The molecule has 0 spiro atoms. The van der Waals surface area contributed by atoms with E-state index in [0.29, 0.717) is 10.6 Å². The first-order chi connectivity index (χ1) is 10.1. The number of carbonyl (C=O) groups excluding carboxylic acids is 1. The van der Waals surface area contributed by atoms with Crippen LogP contribution in [0, 0.1) is 0 Å². The number of nitrogens with two attached hydrogens (primary N) is 1. The van der Waals surface area contributed by atoms with E-state index < -0.39 is 0 Å². The second-order valence-electron chi connectivity index (χ2n) is 5.55. The number of carbonyl (C=O) groups is 1. The molecule has 3 nitrogen and oxygen atoms in total. The zero-order chi connectivity index (χ0) is 14.9. The Morgan fingerprint density at radius 1 is 1.14 bits per heavy atom. The summed E-state index contributed by atoms with van der Waals surface area (Å²) in [5, 5.41) is 3.41. The van der Waals surface area contributed by atoms with Crippen molar-refractivity contribution in [1.29, 1.82) is 0 Å². The molecule has 2 aromatic rings. The van der Waals surface area contributed by atoms with Crippen LogP contribution in [0.25, 0.3) is 0 Å².